The quantitative estimate of drug-likeness (QED) is 0.932. The van der Waals surface area contributed by atoms with Crippen molar-refractivity contribution in [2.24, 2.45) is 0 Å². The molecule has 5 nitrogen and oxygen atoms in total. The summed E-state index contributed by atoms with van der Waals surface area (Å²) in [4.78, 5) is 26.9. The van der Waals surface area contributed by atoms with Crippen molar-refractivity contribution in [1.29, 1.82) is 0 Å². The molecule has 0 spiro atoms. The van der Waals surface area contributed by atoms with Crippen molar-refractivity contribution in [1.82, 2.24) is 0 Å². The first kappa shape index (κ1) is 17.0. The third-order valence-electron chi connectivity index (χ3n) is 4.43. The van der Waals surface area contributed by atoms with Crippen LogP contribution in [-0.2, 0) is 9.59 Å². The Kier molecular flexibility index (Phi) is 4.49. The van der Waals surface area contributed by atoms with Gasteiger partial charge < -0.3 is 10.1 Å². The molecule has 1 aliphatic rings. The van der Waals surface area contributed by atoms with Crippen LogP contribution in [0.1, 0.15) is 25.0 Å². The average molecular weight is 338 g/mol. The first-order chi connectivity index (χ1) is 11.9. The van der Waals surface area contributed by atoms with Gasteiger partial charge in [0.05, 0.1) is 5.69 Å². The van der Waals surface area contributed by atoms with Gasteiger partial charge >= 0.3 is 0 Å². The highest BCUT2D eigenvalue weighted by molar-refractivity contribution is 6.08. The van der Waals surface area contributed by atoms with Crippen LogP contribution in [0.4, 0.5) is 11.4 Å². The molecule has 0 saturated heterocycles. The molecule has 2 aromatic rings. The van der Waals surface area contributed by atoms with Gasteiger partial charge in [0.15, 0.2) is 6.10 Å². The summed E-state index contributed by atoms with van der Waals surface area (Å²) in [7, 11) is 0. The largest absolute Gasteiger partial charge is 0.479 e. The second-order valence-corrected chi connectivity index (χ2v) is 6.42. The number of para-hydroxylation sites is 2. The van der Waals surface area contributed by atoms with Gasteiger partial charge in [-0.05, 0) is 57.0 Å². The Bertz CT molecular complexity index is 831. The average Bonchev–Trinajstić information content (AvgIpc) is 2.58. The Morgan fingerprint density at radius 3 is 2.68 bits per heavy atom. The van der Waals surface area contributed by atoms with E-state index in [1.54, 1.807) is 26.0 Å². The van der Waals surface area contributed by atoms with E-state index < -0.39 is 12.1 Å². The fraction of sp³-hybridized carbons (Fsp3) is 0.300. The Morgan fingerprint density at radius 1 is 1.20 bits per heavy atom. The molecule has 0 saturated carbocycles. The number of carbonyl (C=O) groups excluding carboxylic acids is 2. The number of carbonyl (C=O) groups is 2. The van der Waals surface area contributed by atoms with Gasteiger partial charge in [0.1, 0.15) is 11.8 Å². The minimum atomic E-state index is -0.653. The number of benzene rings is 2. The van der Waals surface area contributed by atoms with E-state index in [-0.39, 0.29) is 11.8 Å². The number of hydrogen-bond donors (Lipinski definition) is 1. The predicted octanol–water partition coefficient (Wildman–Crippen LogP) is 3.44. The summed E-state index contributed by atoms with van der Waals surface area (Å²) in [6.07, 6.45) is -0.620. The standard InChI is InChI=1S/C20H22N2O3/c1-12-9-10-13(2)16(11-12)21-19(23)14(3)22-17-7-5-6-8-18(17)25-15(4)20(22)24/h5-11,14-15H,1-4H3,(H,21,23). The molecule has 2 atom stereocenters. The van der Waals surface area contributed by atoms with Crippen LogP contribution in [0.3, 0.4) is 0 Å². The highest BCUT2D eigenvalue weighted by atomic mass is 16.5. The van der Waals surface area contributed by atoms with Crippen LogP contribution in [0.5, 0.6) is 5.75 Å². The lowest BCUT2D eigenvalue weighted by Crippen LogP contribution is -2.52. The lowest BCUT2D eigenvalue weighted by Gasteiger charge is -2.36. The van der Waals surface area contributed by atoms with E-state index in [2.05, 4.69) is 5.32 Å². The molecule has 1 aliphatic heterocycles. The minimum Gasteiger partial charge on any atom is -0.479 e. The molecule has 3 rings (SSSR count). The van der Waals surface area contributed by atoms with Crippen LogP contribution in [-0.4, -0.2) is 24.0 Å². The van der Waals surface area contributed by atoms with Gasteiger partial charge in [-0.1, -0.05) is 24.3 Å². The number of nitrogens with zero attached hydrogens (tertiary/aromatic N) is 1. The second-order valence-electron chi connectivity index (χ2n) is 6.42. The number of hydrogen-bond acceptors (Lipinski definition) is 3. The number of anilines is 2. The monoisotopic (exact) mass is 338 g/mol. The maximum atomic E-state index is 12.8. The van der Waals surface area contributed by atoms with Gasteiger partial charge in [-0.3, -0.25) is 14.5 Å². The van der Waals surface area contributed by atoms with Crippen LogP contribution < -0.4 is 15.0 Å². The summed E-state index contributed by atoms with van der Waals surface area (Å²) in [5.41, 5.74) is 3.43. The van der Waals surface area contributed by atoms with Crippen LogP contribution in [0.15, 0.2) is 42.5 Å². The first-order valence-electron chi connectivity index (χ1n) is 8.35. The molecule has 25 heavy (non-hydrogen) atoms. The fourth-order valence-corrected chi connectivity index (χ4v) is 2.94. The number of amides is 2. The van der Waals surface area contributed by atoms with Crippen LogP contribution >= 0.6 is 0 Å². The van der Waals surface area contributed by atoms with Crippen molar-refractivity contribution in [3.63, 3.8) is 0 Å². The molecule has 5 heteroatoms. The van der Waals surface area contributed by atoms with Gasteiger partial charge in [0.2, 0.25) is 5.91 Å². The molecule has 2 unspecified atom stereocenters. The number of nitrogens with one attached hydrogen (secondary N) is 1. The van der Waals surface area contributed by atoms with Crippen molar-refractivity contribution in [2.45, 2.75) is 39.8 Å². The minimum absolute atomic E-state index is 0.220. The molecule has 1 N–H and O–H groups in total. The predicted molar refractivity (Wildman–Crippen MR) is 98.0 cm³/mol. The zero-order chi connectivity index (χ0) is 18.1. The molecule has 0 fully saturated rings. The summed E-state index contributed by atoms with van der Waals surface area (Å²) in [6, 6.07) is 12.5. The Hall–Kier alpha value is -2.82. The molecule has 0 bridgehead atoms. The molecule has 0 aromatic heterocycles. The van der Waals surface area contributed by atoms with Crippen LogP contribution in [0.25, 0.3) is 0 Å². The van der Waals surface area contributed by atoms with Crippen molar-refractivity contribution < 1.29 is 14.3 Å². The van der Waals surface area contributed by atoms with Crippen molar-refractivity contribution >= 4 is 23.2 Å². The zero-order valence-electron chi connectivity index (χ0n) is 14.9. The van der Waals surface area contributed by atoms with E-state index in [0.717, 1.165) is 16.8 Å². The lowest BCUT2D eigenvalue weighted by atomic mass is 10.1. The van der Waals surface area contributed by atoms with E-state index in [1.165, 1.54) is 4.90 Å². The van der Waals surface area contributed by atoms with Crippen molar-refractivity contribution in [3.8, 4) is 5.75 Å². The molecular weight excluding hydrogens is 316 g/mol. The van der Waals surface area contributed by atoms with Gasteiger partial charge in [-0.25, -0.2) is 0 Å². The van der Waals surface area contributed by atoms with Gasteiger partial charge in [0, 0.05) is 5.69 Å². The first-order valence-corrected chi connectivity index (χ1v) is 8.35. The maximum Gasteiger partial charge on any atom is 0.268 e. The Balaban J connectivity index is 1.89. The van der Waals surface area contributed by atoms with Crippen LogP contribution in [0.2, 0.25) is 0 Å². The third kappa shape index (κ3) is 3.22. The summed E-state index contributed by atoms with van der Waals surface area (Å²) < 4.78 is 5.63. The van der Waals surface area contributed by atoms with Gasteiger partial charge in [-0.15, -0.1) is 0 Å². The SMILES string of the molecule is Cc1ccc(C)c(NC(=O)C(C)N2C(=O)C(C)Oc3ccccc32)c1. The van der Waals surface area contributed by atoms with Crippen molar-refractivity contribution in [2.75, 3.05) is 10.2 Å². The Morgan fingerprint density at radius 2 is 1.92 bits per heavy atom. The van der Waals surface area contributed by atoms with E-state index in [0.29, 0.717) is 11.4 Å². The fourth-order valence-electron chi connectivity index (χ4n) is 2.94. The Labute approximate surface area is 147 Å². The van der Waals surface area contributed by atoms with E-state index in [4.69, 9.17) is 4.74 Å². The lowest BCUT2D eigenvalue weighted by molar-refractivity contribution is -0.128. The second kappa shape index (κ2) is 6.59. The van der Waals surface area contributed by atoms with E-state index >= 15 is 0 Å². The highest BCUT2D eigenvalue weighted by Crippen LogP contribution is 2.35. The third-order valence-corrected chi connectivity index (χ3v) is 4.43. The molecule has 2 amide bonds. The summed E-state index contributed by atoms with van der Waals surface area (Å²) in [6.45, 7) is 7.34. The highest BCUT2D eigenvalue weighted by Gasteiger charge is 2.37. The summed E-state index contributed by atoms with van der Waals surface area (Å²) >= 11 is 0. The topological polar surface area (TPSA) is 58.6 Å². The van der Waals surface area contributed by atoms with Gasteiger partial charge in [-0.2, -0.15) is 0 Å². The molecular formula is C20H22N2O3. The molecule has 0 aliphatic carbocycles. The smallest absolute Gasteiger partial charge is 0.268 e. The molecule has 130 valence electrons. The number of ether oxygens (including phenoxy) is 1. The molecule has 0 radical (unpaired) electrons. The summed E-state index contributed by atoms with van der Waals surface area (Å²) in [5.74, 6) is 0.161. The van der Waals surface area contributed by atoms with E-state index in [1.807, 2.05) is 44.2 Å². The van der Waals surface area contributed by atoms with Gasteiger partial charge in [0.25, 0.3) is 5.91 Å². The van der Waals surface area contributed by atoms with Crippen molar-refractivity contribution in [3.05, 3.63) is 53.6 Å². The zero-order valence-corrected chi connectivity index (χ0v) is 14.9. The molecule has 1 heterocycles. The number of aryl methyl sites for hydroxylation is 2. The van der Waals surface area contributed by atoms with Crippen LogP contribution in [0, 0.1) is 13.8 Å². The maximum absolute atomic E-state index is 12.8. The number of rotatable bonds is 3. The summed E-state index contributed by atoms with van der Waals surface area (Å²) in [5, 5.41) is 2.94. The molecule has 2 aromatic carbocycles. The normalized spacial score (nSPS) is 17.5. The number of fused-ring (bicyclic) bond motifs is 1. The van der Waals surface area contributed by atoms with E-state index in [9.17, 15) is 9.59 Å².